The minimum absolute atomic E-state index is 0.340. The van der Waals surface area contributed by atoms with Crippen LogP contribution in [0.3, 0.4) is 0 Å². The van der Waals surface area contributed by atoms with E-state index in [-0.39, 0.29) is 0 Å². The molecule has 3 nitrogen and oxygen atoms in total. The highest BCUT2D eigenvalue weighted by molar-refractivity contribution is 5.28. The van der Waals surface area contributed by atoms with Gasteiger partial charge in [-0.05, 0) is 37.4 Å². The Hall–Kier alpha value is -1.61. The highest BCUT2D eigenvalue weighted by Crippen LogP contribution is 2.20. The summed E-state index contributed by atoms with van der Waals surface area (Å²) in [6, 6.07) is 8.95. The first-order chi connectivity index (χ1) is 9.74. The molecule has 0 radical (unpaired) electrons. The summed E-state index contributed by atoms with van der Waals surface area (Å²) >= 11 is 0. The van der Waals surface area contributed by atoms with Crippen LogP contribution in [-0.4, -0.2) is 16.3 Å². The molecule has 2 rings (SSSR count). The van der Waals surface area contributed by atoms with Gasteiger partial charge in [-0.3, -0.25) is 4.68 Å². The molecule has 1 heterocycles. The molecule has 0 bridgehead atoms. The zero-order valence-electron chi connectivity index (χ0n) is 12.8. The highest BCUT2D eigenvalue weighted by Gasteiger charge is 2.14. The lowest BCUT2D eigenvalue weighted by Crippen LogP contribution is -2.23. The third-order valence-corrected chi connectivity index (χ3v) is 3.64. The quantitative estimate of drug-likeness (QED) is 0.835. The van der Waals surface area contributed by atoms with Crippen LogP contribution in [0.25, 0.3) is 0 Å². The Morgan fingerprint density at radius 1 is 1.25 bits per heavy atom. The molecule has 0 aliphatic heterocycles. The summed E-state index contributed by atoms with van der Waals surface area (Å²) in [5.41, 5.74) is 4.04. The van der Waals surface area contributed by atoms with Gasteiger partial charge in [0, 0.05) is 24.3 Å². The molecule has 0 aliphatic rings. The van der Waals surface area contributed by atoms with Crippen molar-refractivity contribution in [2.75, 3.05) is 6.54 Å². The van der Waals surface area contributed by atoms with Crippen LogP contribution in [0.15, 0.2) is 36.7 Å². The molecular formula is C17H25N3. The normalized spacial score (nSPS) is 12.6. The summed E-state index contributed by atoms with van der Waals surface area (Å²) in [4.78, 5) is 0. The van der Waals surface area contributed by atoms with Crippen molar-refractivity contribution >= 4 is 0 Å². The minimum Gasteiger partial charge on any atom is -0.310 e. The lowest BCUT2D eigenvalue weighted by Gasteiger charge is -2.17. The molecule has 108 valence electrons. The maximum Gasteiger partial charge on any atom is 0.0537 e. The number of nitrogens with zero attached hydrogens (tertiary/aromatic N) is 2. The summed E-state index contributed by atoms with van der Waals surface area (Å²) in [7, 11) is 0. The van der Waals surface area contributed by atoms with Gasteiger partial charge in [0.15, 0.2) is 0 Å². The van der Waals surface area contributed by atoms with Gasteiger partial charge in [-0.25, -0.2) is 0 Å². The fraction of sp³-hybridized carbons (Fsp3) is 0.471. The molecule has 0 aliphatic carbocycles. The van der Waals surface area contributed by atoms with Crippen LogP contribution in [0.5, 0.6) is 0 Å². The number of hydrogen-bond donors (Lipinski definition) is 1. The third-order valence-electron chi connectivity index (χ3n) is 3.64. The second-order valence-electron chi connectivity index (χ2n) is 5.28. The molecule has 20 heavy (non-hydrogen) atoms. The molecular weight excluding hydrogens is 246 g/mol. The van der Waals surface area contributed by atoms with E-state index in [1.165, 1.54) is 16.7 Å². The molecule has 2 aromatic rings. The molecule has 0 saturated carbocycles. The van der Waals surface area contributed by atoms with Gasteiger partial charge in [0.25, 0.3) is 0 Å². The van der Waals surface area contributed by atoms with Crippen LogP contribution in [-0.2, 0) is 13.0 Å². The maximum atomic E-state index is 4.45. The minimum atomic E-state index is 0.340. The zero-order valence-corrected chi connectivity index (χ0v) is 12.8. The first-order valence-corrected chi connectivity index (χ1v) is 7.54. The number of aromatic nitrogens is 2. The van der Waals surface area contributed by atoms with E-state index >= 15 is 0 Å². The Kier molecular flexibility index (Phi) is 5.36. The van der Waals surface area contributed by atoms with Crippen molar-refractivity contribution in [3.8, 4) is 0 Å². The SMILES string of the molecule is CCCn1cc(C(Cc2ccccc2C)NCC)cn1. The number of aryl methyl sites for hydroxylation is 2. The number of likely N-dealkylation sites (N-methyl/N-ethyl adjacent to an activating group) is 1. The van der Waals surface area contributed by atoms with Gasteiger partial charge in [-0.15, -0.1) is 0 Å². The lowest BCUT2D eigenvalue weighted by molar-refractivity contribution is 0.546. The van der Waals surface area contributed by atoms with E-state index in [9.17, 15) is 0 Å². The molecule has 1 N–H and O–H groups in total. The van der Waals surface area contributed by atoms with Gasteiger partial charge in [0.05, 0.1) is 6.20 Å². The van der Waals surface area contributed by atoms with Crippen LogP contribution in [0.2, 0.25) is 0 Å². The van der Waals surface area contributed by atoms with Crippen LogP contribution in [0.4, 0.5) is 0 Å². The van der Waals surface area contributed by atoms with Crippen molar-refractivity contribution < 1.29 is 0 Å². The van der Waals surface area contributed by atoms with E-state index in [1.807, 2.05) is 10.9 Å². The molecule has 3 heteroatoms. The largest absolute Gasteiger partial charge is 0.310 e. The number of nitrogens with one attached hydrogen (secondary N) is 1. The van der Waals surface area contributed by atoms with E-state index in [1.54, 1.807) is 0 Å². The van der Waals surface area contributed by atoms with E-state index in [0.717, 1.165) is 25.9 Å². The smallest absolute Gasteiger partial charge is 0.0537 e. The van der Waals surface area contributed by atoms with Gasteiger partial charge in [0.2, 0.25) is 0 Å². The van der Waals surface area contributed by atoms with Crippen LogP contribution < -0.4 is 5.32 Å². The van der Waals surface area contributed by atoms with E-state index in [2.05, 4.69) is 61.6 Å². The van der Waals surface area contributed by atoms with Gasteiger partial charge < -0.3 is 5.32 Å². The van der Waals surface area contributed by atoms with Crippen LogP contribution >= 0.6 is 0 Å². The van der Waals surface area contributed by atoms with E-state index in [0.29, 0.717) is 6.04 Å². The van der Waals surface area contributed by atoms with E-state index in [4.69, 9.17) is 0 Å². The third kappa shape index (κ3) is 3.70. The number of benzene rings is 1. The van der Waals surface area contributed by atoms with Crippen LogP contribution in [0, 0.1) is 6.92 Å². The van der Waals surface area contributed by atoms with Crippen molar-refractivity contribution in [3.63, 3.8) is 0 Å². The van der Waals surface area contributed by atoms with Gasteiger partial charge >= 0.3 is 0 Å². The Morgan fingerprint density at radius 2 is 2.05 bits per heavy atom. The first kappa shape index (κ1) is 14.8. The zero-order chi connectivity index (χ0) is 14.4. The summed E-state index contributed by atoms with van der Waals surface area (Å²) in [6.07, 6.45) is 6.31. The second-order valence-corrected chi connectivity index (χ2v) is 5.28. The average molecular weight is 271 g/mol. The maximum absolute atomic E-state index is 4.45. The summed E-state index contributed by atoms with van der Waals surface area (Å²) < 4.78 is 2.04. The standard InChI is InChI=1S/C17H25N3/c1-4-10-20-13-16(12-19-20)17(18-5-2)11-15-9-7-6-8-14(15)3/h6-9,12-13,17-18H,4-5,10-11H2,1-3H3. The lowest BCUT2D eigenvalue weighted by atomic mass is 9.98. The first-order valence-electron chi connectivity index (χ1n) is 7.54. The number of rotatable bonds is 7. The topological polar surface area (TPSA) is 29.9 Å². The molecule has 0 fully saturated rings. The fourth-order valence-electron chi connectivity index (χ4n) is 2.52. The Bertz CT molecular complexity index is 531. The molecule has 0 saturated heterocycles. The van der Waals surface area contributed by atoms with Gasteiger partial charge in [0.1, 0.15) is 0 Å². The predicted molar refractivity (Wildman–Crippen MR) is 83.8 cm³/mol. The second kappa shape index (κ2) is 7.25. The molecule has 1 aromatic heterocycles. The van der Waals surface area contributed by atoms with Crippen molar-refractivity contribution in [1.82, 2.24) is 15.1 Å². The molecule has 1 aromatic carbocycles. The summed E-state index contributed by atoms with van der Waals surface area (Å²) in [6.45, 7) is 8.47. The number of hydrogen-bond acceptors (Lipinski definition) is 2. The highest BCUT2D eigenvalue weighted by atomic mass is 15.3. The molecule has 0 spiro atoms. The van der Waals surface area contributed by atoms with E-state index < -0.39 is 0 Å². The molecule has 1 unspecified atom stereocenters. The van der Waals surface area contributed by atoms with Crippen molar-refractivity contribution in [2.24, 2.45) is 0 Å². The summed E-state index contributed by atoms with van der Waals surface area (Å²) in [5, 5.41) is 8.03. The van der Waals surface area contributed by atoms with Crippen molar-refractivity contribution in [3.05, 3.63) is 53.3 Å². The van der Waals surface area contributed by atoms with Crippen molar-refractivity contribution in [2.45, 2.75) is 46.2 Å². The Morgan fingerprint density at radius 3 is 2.75 bits per heavy atom. The Labute approximate surface area is 122 Å². The van der Waals surface area contributed by atoms with Gasteiger partial charge in [-0.1, -0.05) is 38.1 Å². The van der Waals surface area contributed by atoms with Crippen LogP contribution in [0.1, 0.15) is 43.0 Å². The summed E-state index contributed by atoms with van der Waals surface area (Å²) in [5.74, 6) is 0. The predicted octanol–water partition coefficient (Wildman–Crippen LogP) is 3.49. The average Bonchev–Trinajstić information content (AvgIpc) is 2.90. The van der Waals surface area contributed by atoms with Gasteiger partial charge in [-0.2, -0.15) is 5.10 Å². The van der Waals surface area contributed by atoms with Crippen molar-refractivity contribution in [1.29, 1.82) is 0 Å². The Balaban J connectivity index is 2.15. The monoisotopic (exact) mass is 271 g/mol. The fourth-order valence-corrected chi connectivity index (χ4v) is 2.52. The molecule has 1 atom stereocenters. The molecule has 0 amide bonds.